The maximum Gasteiger partial charge on any atom is 0.416 e. The number of rotatable bonds is 10. The molecule has 0 saturated carbocycles. The highest BCUT2D eigenvalue weighted by atomic mass is 79.9. The number of aromatic nitrogens is 2. The lowest BCUT2D eigenvalue weighted by Gasteiger charge is -2.14. The smallest absolute Gasteiger partial charge is 0.416 e. The molecule has 0 spiro atoms. The normalized spacial score (nSPS) is 11.5. The van der Waals surface area contributed by atoms with Crippen molar-refractivity contribution in [3.63, 3.8) is 0 Å². The third kappa shape index (κ3) is 9.22. The van der Waals surface area contributed by atoms with Crippen molar-refractivity contribution < 1.29 is 23.1 Å². The summed E-state index contributed by atoms with van der Waals surface area (Å²) >= 11 is 3.50. The summed E-state index contributed by atoms with van der Waals surface area (Å²) in [5, 5.41) is 21.1. The van der Waals surface area contributed by atoms with E-state index in [-0.39, 0.29) is 11.3 Å². The highest BCUT2D eigenvalue weighted by molar-refractivity contribution is 9.10. The van der Waals surface area contributed by atoms with Gasteiger partial charge in [0.15, 0.2) is 0 Å². The minimum Gasteiger partial charge on any atom is -0.507 e. The predicted octanol–water partition coefficient (Wildman–Crippen LogP) is 6.28. The third-order valence-electron chi connectivity index (χ3n) is 5.25. The Labute approximate surface area is 223 Å². The first kappa shape index (κ1) is 29.9. The number of aldehydes is 1. The molecule has 0 aliphatic carbocycles. The zero-order valence-corrected chi connectivity index (χ0v) is 22.2. The molecule has 3 aromatic rings. The van der Waals surface area contributed by atoms with Crippen LogP contribution in [0.1, 0.15) is 40.0 Å². The summed E-state index contributed by atoms with van der Waals surface area (Å²) in [6.45, 7) is 7.93. The maximum absolute atomic E-state index is 12.0. The number of alkyl halides is 3. The number of nitrogens with one attached hydrogen (secondary N) is 2. The van der Waals surface area contributed by atoms with Crippen LogP contribution < -0.4 is 10.6 Å². The molecule has 1 aromatic heterocycles. The number of benzene rings is 2. The van der Waals surface area contributed by atoms with Crippen LogP contribution in [0, 0.1) is 6.92 Å². The number of nitrogens with zero attached hydrogens (tertiary/aromatic N) is 2. The fourth-order valence-electron chi connectivity index (χ4n) is 3.24. The molecular weight excluding hydrogens is 549 g/mol. The summed E-state index contributed by atoms with van der Waals surface area (Å²) in [4.78, 5) is 10.1. The van der Waals surface area contributed by atoms with Crippen molar-refractivity contribution in [1.82, 2.24) is 20.4 Å². The van der Waals surface area contributed by atoms with Crippen molar-refractivity contribution in [2.75, 3.05) is 20.1 Å². The molecule has 6 nitrogen and oxygen atoms in total. The van der Waals surface area contributed by atoms with E-state index in [9.17, 15) is 23.1 Å². The minimum atomic E-state index is -4.38. The monoisotopic (exact) mass is 578 g/mol. The number of para-hydroxylation sites is 1. The van der Waals surface area contributed by atoms with E-state index in [1.807, 2.05) is 36.9 Å². The number of carbonyl (C=O) groups excluding carboxylic acids is 1. The first-order valence-corrected chi connectivity index (χ1v) is 12.3. The van der Waals surface area contributed by atoms with Gasteiger partial charge in [-0.2, -0.15) is 18.3 Å². The van der Waals surface area contributed by atoms with E-state index in [1.165, 1.54) is 12.1 Å². The number of allylic oxidation sites excluding steroid dienone is 2. The molecule has 0 aliphatic heterocycles. The molecule has 3 rings (SSSR count). The van der Waals surface area contributed by atoms with E-state index >= 15 is 0 Å². The van der Waals surface area contributed by atoms with Crippen molar-refractivity contribution >= 4 is 33.6 Å². The number of carbonyl (C=O) groups is 1. The van der Waals surface area contributed by atoms with Crippen molar-refractivity contribution in [2.45, 2.75) is 25.9 Å². The summed E-state index contributed by atoms with van der Waals surface area (Å²) in [6.07, 6.45) is 1.84. The molecule has 3 N–H and O–H groups in total. The lowest BCUT2D eigenvalue weighted by Crippen LogP contribution is -2.21. The van der Waals surface area contributed by atoms with Gasteiger partial charge in [0.2, 0.25) is 0 Å². The second-order valence-electron chi connectivity index (χ2n) is 8.04. The van der Waals surface area contributed by atoms with Crippen molar-refractivity contribution in [3.8, 4) is 5.75 Å². The molecular formula is C27H30BrF3N4O2. The van der Waals surface area contributed by atoms with Crippen molar-refractivity contribution in [1.29, 1.82) is 0 Å². The molecule has 1 heterocycles. The Morgan fingerprint density at radius 1 is 1.16 bits per heavy atom. The zero-order valence-electron chi connectivity index (χ0n) is 20.6. The van der Waals surface area contributed by atoms with Gasteiger partial charge in [-0.05, 0) is 79.1 Å². The minimum absolute atomic E-state index is 0.0322. The second kappa shape index (κ2) is 14.4. The second-order valence-corrected chi connectivity index (χ2v) is 8.89. The lowest BCUT2D eigenvalue weighted by atomic mass is 10.1. The predicted molar refractivity (Wildman–Crippen MR) is 144 cm³/mol. The molecule has 0 amide bonds. The van der Waals surface area contributed by atoms with E-state index in [1.54, 1.807) is 18.3 Å². The largest absolute Gasteiger partial charge is 0.507 e. The molecule has 198 valence electrons. The van der Waals surface area contributed by atoms with Gasteiger partial charge in [0, 0.05) is 17.7 Å². The van der Waals surface area contributed by atoms with E-state index in [4.69, 9.17) is 0 Å². The van der Waals surface area contributed by atoms with Gasteiger partial charge in [-0.25, -0.2) is 4.68 Å². The van der Waals surface area contributed by atoms with Crippen LogP contribution >= 0.6 is 15.9 Å². The molecule has 37 heavy (non-hydrogen) atoms. The zero-order chi connectivity index (χ0) is 27.4. The SMILES string of the molecule is C=C(/C=C(/NCCCCNC)n1ncc(Br)c1C)c1ccccc1O.O=Cc1cccc(C(F)(F)F)c1. The Morgan fingerprint density at radius 2 is 1.86 bits per heavy atom. The van der Waals surface area contributed by atoms with Gasteiger partial charge in [0.25, 0.3) is 0 Å². The lowest BCUT2D eigenvalue weighted by molar-refractivity contribution is -0.137. The molecule has 0 aliphatic rings. The summed E-state index contributed by atoms with van der Waals surface area (Å²) in [5.74, 6) is 1.05. The van der Waals surface area contributed by atoms with Gasteiger partial charge in [-0.15, -0.1) is 0 Å². The molecule has 10 heteroatoms. The van der Waals surface area contributed by atoms with Crippen LogP contribution in [-0.2, 0) is 6.18 Å². The van der Waals surface area contributed by atoms with Gasteiger partial charge < -0.3 is 15.7 Å². The Hall–Kier alpha value is -3.37. The molecule has 0 saturated heterocycles. The third-order valence-corrected chi connectivity index (χ3v) is 6.03. The number of hydrogen-bond acceptors (Lipinski definition) is 5. The summed E-state index contributed by atoms with van der Waals surface area (Å²) < 4.78 is 38.8. The number of hydrogen-bond donors (Lipinski definition) is 3. The van der Waals surface area contributed by atoms with Crippen LogP contribution in [0.4, 0.5) is 13.2 Å². The summed E-state index contributed by atoms with van der Waals surface area (Å²) in [6, 6.07) is 11.5. The van der Waals surface area contributed by atoms with Crippen molar-refractivity contribution in [2.24, 2.45) is 0 Å². The van der Waals surface area contributed by atoms with Gasteiger partial charge >= 0.3 is 6.18 Å². The number of aromatic hydroxyl groups is 1. The number of phenolic OH excluding ortho intramolecular Hbond substituents is 1. The first-order valence-electron chi connectivity index (χ1n) is 11.5. The topological polar surface area (TPSA) is 79.2 Å². The number of phenols is 1. The van der Waals surface area contributed by atoms with Crippen LogP contribution in [0.15, 0.2) is 71.9 Å². The average Bonchev–Trinajstić information content (AvgIpc) is 3.21. The van der Waals surface area contributed by atoms with Crippen molar-refractivity contribution in [3.05, 3.63) is 94.2 Å². The fraction of sp³-hybridized carbons (Fsp3) is 0.259. The quantitative estimate of drug-likeness (QED) is 0.150. The van der Waals surface area contributed by atoms with Gasteiger partial charge in [-0.1, -0.05) is 36.9 Å². The Kier molecular flexibility index (Phi) is 11.6. The fourth-order valence-corrected chi connectivity index (χ4v) is 3.50. The standard InChI is InChI=1S/C19H25BrN4O.C8H5F3O/c1-14(16-8-4-5-9-18(16)25)12-19(22-11-7-6-10-21-3)24-15(2)17(20)13-23-24;9-8(10,11)7-3-1-2-6(4-7)5-12/h4-5,8-9,12-13,21-22,25H,1,6-7,10-11H2,2-3H3;1-5H/b19-12-;. The van der Waals surface area contributed by atoms with E-state index in [2.05, 4.69) is 38.2 Å². The molecule has 0 fully saturated rings. The first-order chi connectivity index (χ1) is 17.6. The summed E-state index contributed by atoms with van der Waals surface area (Å²) in [5.41, 5.74) is 1.67. The molecule has 0 bridgehead atoms. The van der Waals surface area contributed by atoms with Gasteiger partial charge in [-0.3, -0.25) is 4.79 Å². The van der Waals surface area contributed by atoms with Crippen LogP contribution in [0.5, 0.6) is 5.75 Å². The Balaban J connectivity index is 0.000000335. The Morgan fingerprint density at radius 3 is 2.46 bits per heavy atom. The van der Waals surface area contributed by atoms with E-state index in [0.717, 1.165) is 59.6 Å². The molecule has 0 radical (unpaired) electrons. The molecule has 0 unspecified atom stereocenters. The Bertz CT molecular complexity index is 1220. The van der Waals surface area contributed by atoms with E-state index in [0.29, 0.717) is 11.8 Å². The highest BCUT2D eigenvalue weighted by Gasteiger charge is 2.30. The van der Waals surface area contributed by atoms with Crippen LogP contribution in [0.3, 0.4) is 0 Å². The maximum atomic E-state index is 12.0. The number of unbranched alkanes of at least 4 members (excludes halogenated alkanes) is 1. The van der Waals surface area contributed by atoms with Gasteiger partial charge in [0.1, 0.15) is 17.9 Å². The summed E-state index contributed by atoms with van der Waals surface area (Å²) in [7, 11) is 1.96. The van der Waals surface area contributed by atoms with Crippen LogP contribution in [0.25, 0.3) is 11.4 Å². The van der Waals surface area contributed by atoms with Gasteiger partial charge in [0.05, 0.1) is 21.9 Å². The van der Waals surface area contributed by atoms with E-state index < -0.39 is 11.7 Å². The average molecular weight is 579 g/mol. The molecule has 0 atom stereocenters. The number of halogens is 4. The highest BCUT2D eigenvalue weighted by Crippen LogP contribution is 2.29. The van der Waals surface area contributed by atoms with Crippen LogP contribution in [-0.4, -0.2) is 41.3 Å². The van der Waals surface area contributed by atoms with Crippen LogP contribution in [0.2, 0.25) is 0 Å². The molecule has 2 aromatic carbocycles.